The molecule has 0 aromatic heterocycles. The SMILES string of the molecule is CN=C(N)CC(C)OC. The molecule has 0 fully saturated rings. The van der Waals surface area contributed by atoms with Crippen molar-refractivity contribution in [3.8, 4) is 0 Å². The smallest absolute Gasteiger partial charge is 0.0959 e. The third-order valence-corrected chi connectivity index (χ3v) is 1.19. The highest BCUT2D eigenvalue weighted by atomic mass is 16.5. The second-order valence-corrected chi connectivity index (χ2v) is 1.97. The summed E-state index contributed by atoms with van der Waals surface area (Å²) < 4.78 is 4.96. The molecule has 0 aliphatic heterocycles. The average molecular weight is 130 g/mol. The maximum atomic E-state index is 5.42. The van der Waals surface area contributed by atoms with Crippen molar-refractivity contribution in [3.63, 3.8) is 0 Å². The van der Waals surface area contributed by atoms with E-state index >= 15 is 0 Å². The molecular formula is C6H14N2O. The van der Waals surface area contributed by atoms with Crippen LogP contribution in [-0.4, -0.2) is 26.1 Å². The minimum absolute atomic E-state index is 0.175. The summed E-state index contributed by atoms with van der Waals surface area (Å²) in [7, 11) is 3.34. The van der Waals surface area contributed by atoms with Crippen molar-refractivity contribution in [2.75, 3.05) is 14.2 Å². The van der Waals surface area contributed by atoms with Crippen molar-refractivity contribution >= 4 is 5.84 Å². The second-order valence-electron chi connectivity index (χ2n) is 1.97. The Balaban J connectivity index is 3.47. The molecule has 0 spiro atoms. The van der Waals surface area contributed by atoms with Gasteiger partial charge in [-0.3, -0.25) is 4.99 Å². The van der Waals surface area contributed by atoms with Crippen LogP contribution in [0.4, 0.5) is 0 Å². The molecule has 0 rings (SSSR count). The van der Waals surface area contributed by atoms with Crippen LogP contribution in [0, 0.1) is 0 Å². The maximum Gasteiger partial charge on any atom is 0.0959 e. The lowest BCUT2D eigenvalue weighted by Gasteiger charge is -2.06. The van der Waals surface area contributed by atoms with Crippen LogP contribution in [0.25, 0.3) is 0 Å². The summed E-state index contributed by atoms with van der Waals surface area (Å²) in [6.45, 7) is 1.96. The van der Waals surface area contributed by atoms with Crippen molar-refractivity contribution in [1.82, 2.24) is 0 Å². The van der Waals surface area contributed by atoms with Gasteiger partial charge < -0.3 is 10.5 Å². The lowest BCUT2D eigenvalue weighted by atomic mass is 10.3. The zero-order valence-electron chi connectivity index (χ0n) is 6.22. The van der Waals surface area contributed by atoms with Crippen LogP contribution in [0.2, 0.25) is 0 Å². The average Bonchev–Trinajstić information content (AvgIpc) is 1.87. The Morgan fingerprint density at radius 2 is 2.33 bits per heavy atom. The van der Waals surface area contributed by atoms with Crippen LogP contribution in [0.5, 0.6) is 0 Å². The van der Waals surface area contributed by atoms with Crippen molar-refractivity contribution < 1.29 is 4.74 Å². The third-order valence-electron chi connectivity index (χ3n) is 1.19. The van der Waals surface area contributed by atoms with Gasteiger partial charge in [-0.2, -0.15) is 0 Å². The van der Waals surface area contributed by atoms with E-state index in [1.807, 2.05) is 6.92 Å². The first-order chi connectivity index (χ1) is 4.20. The van der Waals surface area contributed by atoms with Gasteiger partial charge in [0.15, 0.2) is 0 Å². The molecule has 54 valence electrons. The number of amidine groups is 1. The van der Waals surface area contributed by atoms with E-state index in [4.69, 9.17) is 10.5 Å². The van der Waals surface area contributed by atoms with Gasteiger partial charge in [0, 0.05) is 20.6 Å². The van der Waals surface area contributed by atoms with Crippen LogP contribution in [0.15, 0.2) is 4.99 Å². The first kappa shape index (κ1) is 8.43. The van der Waals surface area contributed by atoms with Gasteiger partial charge in [-0.1, -0.05) is 0 Å². The van der Waals surface area contributed by atoms with Gasteiger partial charge in [0.25, 0.3) is 0 Å². The summed E-state index contributed by atoms with van der Waals surface area (Å²) in [4.78, 5) is 3.79. The Morgan fingerprint density at radius 3 is 2.67 bits per heavy atom. The molecule has 0 bridgehead atoms. The molecule has 0 saturated heterocycles. The number of methoxy groups -OCH3 is 1. The number of nitrogens with two attached hydrogens (primary N) is 1. The van der Waals surface area contributed by atoms with E-state index in [1.165, 1.54) is 0 Å². The summed E-state index contributed by atoms with van der Waals surface area (Å²) >= 11 is 0. The van der Waals surface area contributed by atoms with Crippen molar-refractivity contribution in [2.24, 2.45) is 10.7 Å². The Kier molecular flexibility index (Phi) is 4.05. The zero-order chi connectivity index (χ0) is 7.28. The summed E-state index contributed by atoms with van der Waals surface area (Å²) in [6, 6.07) is 0. The van der Waals surface area contributed by atoms with E-state index in [2.05, 4.69) is 4.99 Å². The van der Waals surface area contributed by atoms with Crippen LogP contribution in [-0.2, 0) is 4.74 Å². The molecule has 0 aromatic carbocycles. The number of nitrogens with zero attached hydrogens (tertiary/aromatic N) is 1. The first-order valence-corrected chi connectivity index (χ1v) is 2.94. The fraction of sp³-hybridized carbons (Fsp3) is 0.833. The molecule has 1 unspecified atom stereocenters. The van der Waals surface area contributed by atoms with E-state index in [0.717, 1.165) is 0 Å². The molecule has 0 radical (unpaired) electrons. The molecule has 0 amide bonds. The Labute approximate surface area is 55.9 Å². The van der Waals surface area contributed by atoms with Crippen LogP contribution < -0.4 is 5.73 Å². The van der Waals surface area contributed by atoms with Gasteiger partial charge >= 0.3 is 0 Å². The molecule has 0 aromatic rings. The number of ether oxygens (including phenoxy) is 1. The highest BCUT2D eigenvalue weighted by Gasteiger charge is 1.99. The lowest BCUT2D eigenvalue weighted by molar-refractivity contribution is 0.124. The molecule has 9 heavy (non-hydrogen) atoms. The highest BCUT2D eigenvalue weighted by Crippen LogP contribution is 1.93. The third kappa shape index (κ3) is 3.97. The van der Waals surface area contributed by atoms with E-state index in [9.17, 15) is 0 Å². The van der Waals surface area contributed by atoms with Crippen LogP contribution in [0.3, 0.4) is 0 Å². The quantitative estimate of drug-likeness (QED) is 0.444. The normalized spacial score (nSPS) is 15.7. The van der Waals surface area contributed by atoms with Crippen LogP contribution in [0.1, 0.15) is 13.3 Å². The van der Waals surface area contributed by atoms with Crippen molar-refractivity contribution in [1.29, 1.82) is 0 Å². The molecule has 0 saturated carbocycles. The fourth-order valence-electron chi connectivity index (χ4n) is 0.469. The second kappa shape index (κ2) is 4.32. The Bertz CT molecular complexity index is 101. The fourth-order valence-corrected chi connectivity index (χ4v) is 0.469. The molecule has 0 aliphatic rings. The molecular weight excluding hydrogens is 116 g/mol. The van der Waals surface area contributed by atoms with Crippen molar-refractivity contribution in [3.05, 3.63) is 0 Å². The van der Waals surface area contributed by atoms with E-state index in [-0.39, 0.29) is 6.10 Å². The number of hydrogen-bond acceptors (Lipinski definition) is 2. The topological polar surface area (TPSA) is 47.6 Å². The predicted octanol–water partition coefficient (Wildman–Crippen LogP) is 0.398. The molecule has 0 heterocycles. The molecule has 3 heteroatoms. The van der Waals surface area contributed by atoms with E-state index in [1.54, 1.807) is 14.2 Å². The lowest BCUT2D eigenvalue weighted by Crippen LogP contribution is -2.19. The zero-order valence-corrected chi connectivity index (χ0v) is 6.22. The van der Waals surface area contributed by atoms with Gasteiger partial charge in [-0.15, -0.1) is 0 Å². The van der Waals surface area contributed by atoms with Gasteiger partial charge in [0.2, 0.25) is 0 Å². The van der Waals surface area contributed by atoms with Gasteiger partial charge in [0.05, 0.1) is 11.9 Å². The summed E-state index contributed by atoms with van der Waals surface area (Å²) in [5.41, 5.74) is 5.42. The number of aliphatic imine (C=N–C) groups is 1. The van der Waals surface area contributed by atoms with E-state index in [0.29, 0.717) is 12.3 Å². The highest BCUT2D eigenvalue weighted by molar-refractivity contribution is 5.80. The van der Waals surface area contributed by atoms with Gasteiger partial charge in [-0.25, -0.2) is 0 Å². The van der Waals surface area contributed by atoms with Gasteiger partial charge in [-0.05, 0) is 6.92 Å². The Hall–Kier alpha value is -0.570. The largest absolute Gasteiger partial charge is 0.387 e. The van der Waals surface area contributed by atoms with Gasteiger partial charge in [0.1, 0.15) is 0 Å². The maximum absolute atomic E-state index is 5.42. The van der Waals surface area contributed by atoms with E-state index < -0.39 is 0 Å². The summed E-state index contributed by atoms with van der Waals surface area (Å²) in [5, 5.41) is 0. The Morgan fingerprint density at radius 1 is 1.78 bits per heavy atom. The predicted molar refractivity (Wildman–Crippen MR) is 38.6 cm³/mol. The monoisotopic (exact) mass is 130 g/mol. The number of hydrogen-bond donors (Lipinski definition) is 1. The molecule has 3 nitrogen and oxygen atoms in total. The van der Waals surface area contributed by atoms with Crippen LogP contribution >= 0.6 is 0 Å². The standard InChI is InChI=1S/C6H14N2O/c1-5(9-3)4-6(7)8-2/h5H,4H2,1-3H3,(H2,7,8). The molecule has 2 N–H and O–H groups in total. The molecule has 1 atom stereocenters. The summed E-state index contributed by atoms with van der Waals surface area (Å²) in [6.07, 6.45) is 0.890. The minimum Gasteiger partial charge on any atom is -0.387 e. The first-order valence-electron chi connectivity index (χ1n) is 2.94. The minimum atomic E-state index is 0.175. The van der Waals surface area contributed by atoms with Crippen molar-refractivity contribution in [2.45, 2.75) is 19.4 Å². The number of rotatable bonds is 3. The summed E-state index contributed by atoms with van der Waals surface area (Å²) in [5.74, 6) is 0.643. The molecule has 0 aliphatic carbocycles.